The highest BCUT2D eigenvalue weighted by atomic mass is 19.4. The lowest BCUT2D eigenvalue weighted by Gasteiger charge is -2.26. The molecular weight excluding hydrogens is 505 g/mol. The van der Waals surface area contributed by atoms with Gasteiger partial charge in [-0.1, -0.05) is 0 Å². The van der Waals surface area contributed by atoms with Crippen LogP contribution in [-0.4, -0.2) is 57.2 Å². The van der Waals surface area contributed by atoms with E-state index in [-0.39, 0.29) is 28.0 Å². The largest absolute Gasteiger partial charge is 0.481 e. The quantitative estimate of drug-likeness (QED) is 0.443. The van der Waals surface area contributed by atoms with Gasteiger partial charge in [0.2, 0.25) is 5.91 Å². The first kappa shape index (κ1) is 26.5. The molecule has 0 bridgehead atoms. The molecule has 1 fully saturated rings. The summed E-state index contributed by atoms with van der Waals surface area (Å²) >= 11 is 0. The zero-order valence-electron chi connectivity index (χ0n) is 20.1. The van der Waals surface area contributed by atoms with Gasteiger partial charge in [0.15, 0.2) is 12.4 Å². The molecule has 4 heterocycles. The first-order valence-corrected chi connectivity index (χ1v) is 11.3. The molecule has 3 aromatic rings. The summed E-state index contributed by atoms with van der Waals surface area (Å²) in [7, 11) is 0. The zero-order valence-corrected chi connectivity index (χ0v) is 20.1. The van der Waals surface area contributed by atoms with Crippen LogP contribution in [0.3, 0.4) is 0 Å². The lowest BCUT2D eigenvalue weighted by Crippen LogP contribution is -2.35. The van der Waals surface area contributed by atoms with Crippen molar-refractivity contribution in [3.05, 3.63) is 34.9 Å². The molecule has 0 spiro atoms. The van der Waals surface area contributed by atoms with Crippen LogP contribution in [0.1, 0.15) is 26.8 Å². The number of nitrogens with one attached hydrogen (secondary N) is 1. The molecule has 1 aliphatic heterocycles. The third-order valence-corrected chi connectivity index (χ3v) is 5.73. The monoisotopic (exact) mass is 529 g/mol. The van der Waals surface area contributed by atoms with E-state index in [9.17, 15) is 31.5 Å². The average Bonchev–Trinajstić information content (AvgIpc) is 3.11. The molecule has 1 saturated heterocycles. The number of hydrogen-bond acceptors (Lipinski definition) is 6. The summed E-state index contributed by atoms with van der Waals surface area (Å²) in [5.74, 6) is -4.05. The molecule has 0 saturated carbocycles. The highest BCUT2D eigenvalue weighted by Gasteiger charge is 2.40. The molecule has 1 atom stereocenters. The molecular formula is C23H24F5N5O4. The van der Waals surface area contributed by atoms with Crippen molar-refractivity contribution >= 4 is 22.6 Å². The van der Waals surface area contributed by atoms with Crippen molar-refractivity contribution in [1.82, 2.24) is 19.3 Å². The van der Waals surface area contributed by atoms with E-state index < -0.39 is 36.1 Å². The first-order chi connectivity index (χ1) is 17.2. The van der Waals surface area contributed by atoms with Gasteiger partial charge in [-0.05, 0) is 13.0 Å². The number of ether oxygens (including phenoxy) is 2. The van der Waals surface area contributed by atoms with Crippen LogP contribution in [0, 0.1) is 5.92 Å². The van der Waals surface area contributed by atoms with Crippen molar-refractivity contribution in [2.24, 2.45) is 5.92 Å². The normalized spacial score (nSPS) is 15.5. The average molecular weight is 529 g/mol. The Morgan fingerprint density at radius 3 is 2.54 bits per heavy atom. The Hall–Kier alpha value is -3.55. The number of carbonyl (C=O) groups excluding carboxylic acids is 1. The second kappa shape index (κ2) is 9.72. The van der Waals surface area contributed by atoms with E-state index in [1.807, 2.05) is 4.57 Å². The van der Waals surface area contributed by atoms with Gasteiger partial charge in [-0.25, -0.2) is 18.4 Å². The van der Waals surface area contributed by atoms with E-state index in [0.717, 1.165) is 13.0 Å². The number of rotatable bonds is 8. The van der Waals surface area contributed by atoms with Crippen LogP contribution >= 0.6 is 0 Å². The molecule has 1 aliphatic rings. The molecule has 0 aromatic carbocycles. The van der Waals surface area contributed by atoms with E-state index in [2.05, 4.69) is 15.4 Å². The van der Waals surface area contributed by atoms with Crippen LogP contribution < -0.4 is 15.6 Å². The highest BCUT2D eigenvalue weighted by Crippen LogP contribution is 2.34. The molecule has 0 unspecified atom stereocenters. The SMILES string of the molecule is CC(=O)Nc1cc2c(-c3cc(OCC(C)(F)F)c(=O)n([C@@H](C)C(F)(F)F)n3)cn(CC3COC3)c2cn1. The number of aromatic nitrogens is 4. The summed E-state index contributed by atoms with van der Waals surface area (Å²) in [6.45, 7) is 2.92. The van der Waals surface area contributed by atoms with Crippen LogP contribution in [0.2, 0.25) is 0 Å². The first-order valence-electron chi connectivity index (χ1n) is 11.3. The van der Waals surface area contributed by atoms with Crippen molar-refractivity contribution in [2.45, 2.75) is 45.5 Å². The van der Waals surface area contributed by atoms with Gasteiger partial charge in [0.05, 0.1) is 30.6 Å². The smallest absolute Gasteiger partial charge is 0.410 e. The third kappa shape index (κ3) is 5.89. The fraction of sp³-hybridized carbons (Fsp3) is 0.478. The molecule has 9 nitrogen and oxygen atoms in total. The van der Waals surface area contributed by atoms with Crippen molar-refractivity contribution in [1.29, 1.82) is 0 Å². The van der Waals surface area contributed by atoms with Crippen LogP contribution in [0.25, 0.3) is 22.2 Å². The molecule has 1 amide bonds. The van der Waals surface area contributed by atoms with E-state index in [1.54, 1.807) is 6.20 Å². The number of nitrogens with zero attached hydrogens (tertiary/aromatic N) is 4. The summed E-state index contributed by atoms with van der Waals surface area (Å²) in [6.07, 6.45) is -1.73. The maximum Gasteiger partial charge on any atom is 0.410 e. The molecule has 1 N–H and O–H groups in total. The van der Waals surface area contributed by atoms with E-state index >= 15 is 0 Å². The topological polar surface area (TPSA) is 100 Å². The Labute approximate surface area is 207 Å². The Morgan fingerprint density at radius 1 is 1.27 bits per heavy atom. The summed E-state index contributed by atoms with van der Waals surface area (Å²) in [5, 5.41) is 6.96. The Bertz CT molecular complexity index is 1370. The summed E-state index contributed by atoms with van der Waals surface area (Å²) < 4.78 is 79.7. The number of hydrogen-bond donors (Lipinski definition) is 1. The fourth-order valence-electron chi connectivity index (χ4n) is 3.79. The number of carbonyl (C=O) groups is 1. The van der Waals surface area contributed by atoms with Gasteiger partial charge in [0, 0.05) is 49.5 Å². The number of alkyl halides is 5. The van der Waals surface area contributed by atoms with Gasteiger partial charge in [-0.15, -0.1) is 0 Å². The molecule has 37 heavy (non-hydrogen) atoms. The van der Waals surface area contributed by atoms with Crippen molar-refractivity contribution in [3.63, 3.8) is 0 Å². The molecule has 4 rings (SSSR count). The maximum absolute atomic E-state index is 13.6. The summed E-state index contributed by atoms with van der Waals surface area (Å²) in [5.41, 5.74) is -0.532. The molecule has 0 radical (unpaired) electrons. The molecule has 14 heteroatoms. The lowest BCUT2D eigenvalue weighted by atomic mass is 10.1. The van der Waals surface area contributed by atoms with Crippen LogP contribution in [0.4, 0.5) is 27.8 Å². The highest BCUT2D eigenvalue weighted by molar-refractivity contribution is 5.98. The van der Waals surface area contributed by atoms with Gasteiger partial charge >= 0.3 is 11.7 Å². The van der Waals surface area contributed by atoms with Crippen molar-refractivity contribution < 1.29 is 36.2 Å². The molecule has 0 aliphatic carbocycles. The standard InChI is InChI=1S/C23H24F5N5O4/c1-12(23(26,27)28)33-21(35)19(37-11-22(3,24)25)5-17(31-33)16-8-32(7-14-9-36-10-14)18-6-29-20(4-15(16)18)30-13(2)34/h4-6,8,12,14H,7,9-11H2,1-3H3,(H,29,30,34)/t12-/m0/s1. The van der Waals surface area contributed by atoms with E-state index in [4.69, 9.17) is 9.47 Å². The minimum Gasteiger partial charge on any atom is -0.481 e. The number of anilines is 1. The Balaban J connectivity index is 1.91. The Kier molecular flexibility index (Phi) is 6.97. The minimum atomic E-state index is -4.85. The van der Waals surface area contributed by atoms with E-state index in [0.29, 0.717) is 43.1 Å². The van der Waals surface area contributed by atoms with Gasteiger partial charge in [0.1, 0.15) is 11.9 Å². The molecule has 3 aromatic heterocycles. The molecule has 200 valence electrons. The van der Waals surface area contributed by atoms with Gasteiger partial charge in [-0.2, -0.15) is 18.3 Å². The second-order valence-electron chi connectivity index (χ2n) is 9.09. The van der Waals surface area contributed by atoms with Gasteiger partial charge in [-0.3, -0.25) is 9.59 Å². The predicted molar refractivity (Wildman–Crippen MR) is 123 cm³/mol. The minimum absolute atomic E-state index is 0.112. The van der Waals surface area contributed by atoms with Gasteiger partial charge < -0.3 is 19.4 Å². The second-order valence-corrected chi connectivity index (χ2v) is 9.09. The predicted octanol–water partition coefficient (Wildman–Crippen LogP) is 4.02. The fourth-order valence-corrected chi connectivity index (χ4v) is 3.79. The maximum atomic E-state index is 13.6. The van der Waals surface area contributed by atoms with Gasteiger partial charge in [0.25, 0.3) is 5.92 Å². The van der Waals surface area contributed by atoms with E-state index in [1.165, 1.54) is 19.2 Å². The Morgan fingerprint density at radius 2 is 1.97 bits per heavy atom. The zero-order chi connectivity index (χ0) is 27.1. The lowest BCUT2D eigenvalue weighted by molar-refractivity contribution is -0.166. The number of amides is 1. The summed E-state index contributed by atoms with van der Waals surface area (Å²) in [4.78, 5) is 28.5. The summed E-state index contributed by atoms with van der Waals surface area (Å²) in [6, 6.07) is 0.198. The number of pyridine rings is 1. The van der Waals surface area contributed by atoms with Crippen molar-refractivity contribution in [2.75, 3.05) is 25.1 Å². The number of fused-ring (bicyclic) bond motifs is 1. The van der Waals surface area contributed by atoms with Crippen LogP contribution in [-0.2, 0) is 16.1 Å². The van der Waals surface area contributed by atoms with Crippen LogP contribution in [0.15, 0.2) is 29.3 Å². The van der Waals surface area contributed by atoms with Crippen LogP contribution in [0.5, 0.6) is 5.75 Å². The third-order valence-electron chi connectivity index (χ3n) is 5.73. The number of halogens is 5. The van der Waals surface area contributed by atoms with Crippen molar-refractivity contribution in [3.8, 4) is 17.0 Å².